The van der Waals surface area contributed by atoms with Crippen LogP contribution in [0.2, 0.25) is 0 Å². The maximum Gasteiger partial charge on any atom is 0.337 e. The van der Waals surface area contributed by atoms with Crippen LogP contribution in [-0.4, -0.2) is 17.1 Å². The number of para-hydroxylation sites is 1. The molecule has 0 radical (unpaired) electrons. The van der Waals surface area contributed by atoms with Crippen LogP contribution in [0.3, 0.4) is 0 Å². The zero-order chi connectivity index (χ0) is 15.4. The highest BCUT2D eigenvalue weighted by Gasteiger charge is 2.13. The SMILES string of the molecule is Cc1ccccc1NC(=O)Nc1cc(F)ccc1C(=O)O. The van der Waals surface area contributed by atoms with Crippen LogP contribution in [0, 0.1) is 12.7 Å². The fraction of sp³-hybridized carbons (Fsp3) is 0.0667. The molecular formula is C15H13FN2O3. The second-order valence-electron chi connectivity index (χ2n) is 4.39. The molecule has 0 atom stereocenters. The van der Waals surface area contributed by atoms with Crippen LogP contribution < -0.4 is 10.6 Å². The van der Waals surface area contributed by atoms with Crippen molar-refractivity contribution < 1.29 is 19.1 Å². The number of hydrogen-bond donors (Lipinski definition) is 3. The second-order valence-corrected chi connectivity index (χ2v) is 4.39. The molecule has 0 saturated heterocycles. The normalized spacial score (nSPS) is 10.0. The van der Waals surface area contributed by atoms with E-state index in [2.05, 4.69) is 10.6 Å². The Morgan fingerprint density at radius 1 is 1.05 bits per heavy atom. The second kappa shape index (κ2) is 6.04. The van der Waals surface area contributed by atoms with E-state index in [4.69, 9.17) is 5.11 Å². The Kier molecular flexibility index (Phi) is 4.18. The fourth-order valence-electron chi connectivity index (χ4n) is 1.80. The third-order valence-electron chi connectivity index (χ3n) is 2.85. The van der Waals surface area contributed by atoms with Gasteiger partial charge in [-0.05, 0) is 36.8 Å². The highest BCUT2D eigenvalue weighted by atomic mass is 19.1. The molecule has 0 spiro atoms. The lowest BCUT2D eigenvalue weighted by Gasteiger charge is -2.11. The number of nitrogens with one attached hydrogen (secondary N) is 2. The minimum atomic E-state index is -1.25. The van der Waals surface area contributed by atoms with Crippen molar-refractivity contribution >= 4 is 23.4 Å². The van der Waals surface area contributed by atoms with E-state index in [9.17, 15) is 14.0 Å². The molecule has 0 bridgehead atoms. The number of carbonyl (C=O) groups excluding carboxylic acids is 1. The Hall–Kier alpha value is -2.89. The summed E-state index contributed by atoms with van der Waals surface area (Å²) in [6.07, 6.45) is 0. The van der Waals surface area contributed by atoms with Crippen LogP contribution in [0.1, 0.15) is 15.9 Å². The van der Waals surface area contributed by atoms with Gasteiger partial charge < -0.3 is 15.7 Å². The summed E-state index contributed by atoms with van der Waals surface area (Å²) in [5.41, 5.74) is 1.15. The average molecular weight is 288 g/mol. The van der Waals surface area contributed by atoms with Gasteiger partial charge in [-0.3, -0.25) is 0 Å². The van der Waals surface area contributed by atoms with E-state index in [1.54, 1.807) is 12.1 Å². The molecule has 5 nitrogen and oxygen atoms in total. The average Bonchev–Trinajstić information content (AvgIpc) is 2.41. The minimum Gasteiger partial charge on any atom is -0.478 e. The number of benzene rings is 2. The van der Waals surface area contributed by atoms with Gasteiger partial charge in [0, 0.05) is 5.69 Å². The number of carboxylic acid groups (broad SMARTS) is 1. The van der Waals surface area contributed by atoms with E-state index in [0.717, 1.165) is 23.8 Å². The van der Waals surface area contributed by atoms with Crippen LogP contribution in [0.25, 0.3) is 0 Å². The van der Waals surface area contributed by atoms with Gasteiger partial charge in [0.1, 0.15) is 5.82 Å². The first-order valence-electron chi connectivity index (χ1n) is 6.14. The summed E-state index contributed by atoms with van der Waals surface area (Å²) in [5.74, 6) is -1.88. The van der Waals surface area contributed by atoms with E-state index < -0.39 is 17.8 Å². The van der Waals surface area contributed by atoms with Crippen molar-refractivity contribution in [3.63, 3.8) is 0 Å². The van der Waals surface area contributed by atoms with Gasteiger partial charge in [0.2, 0.25) is 0 Å². The fourth-order valence-corrected chi connectivity index (χ4v) is 1.80. The molecule has 0 aliphatic heterocycles. The molecular weight excluding hydrogens is 275 g/mol. The zero-order valence-corrected chi connectivity index (χ0v) is 11.2. The summed E-state index contributed by atoms with van der Waals surface area (Å²) in [5, 5.41) is 13.9. The highest BCUT2D eigenvalue weighted by molar-refractivity contribution is 6.04. The number of hydrogen-bond acceptors (Lipinski definition) is 2. The third kappa shape index (κ3) is 3.56. The topological polar surface area (TPSA) is 78.4 Å². The maximum atomic E-state index is 13.2. The molecule has 0 saturated carbocycles. The van der Waals surface area contributed by atoms with E-state index in [1.807, 2.05) is 19.1 Å². The van der Waals surface area contributed by atoms with Gasteiger partial charge in [-0.25, -0.2) is 14.0 Å². The summed E-state index contributed by atoms with van der Waals surface area (Å²) < 4.78 is 13.2. The highest BCUT2D eigenvalue weighted by Crippen LogP contribution is 2.18. The summed E-state index contributed by atoms with van der Waals surface area (Å²) in [6.45, 7) is 1.82. The van der Waals surface area contributed by atoms with Gasteiger partial charge in [-0.15, -0.1) is 0 Å². The molecule has 0 fully saturated rings. The molecule has 0 heterocycles. The molecule has 2 aromatic carbocycles. The monoisotopic (exact) mass is 288 g/mol. The van der Waals surface area contributed by atoms with Crippen LogP contribution in [0.15, 0.2) is 42.5 Å². The van der Waals surface area contributed by atoms with E-state index in [0.29, 0.717) is 5.69 Å². The van der Waals surface area contributed by atoms with E-state index >= 15 is 0 Å². The Bertz CT molecular complexity index is 701. The molecule has 2 aromatic rings. The Balaban J connectivity index is 2.18. The predicted molar refractivity (Wildman–Crippen MR) is 77.2 cm³/mol. The number of carboxylic acids is 1. The summed E-state index contributed by atoms with van der Waals surface area (Å²) >= 11 is 0. The van der Waals surface area contributed by atoms with Crippen LogP contribution >= 0.6 is 0 Å². The smallest absolute Gasteiger partial charge is 0.337 e. The van der Waals surface area contributed by atoms with Crippen LogP contribution in [-0.2, 0) is 0 Å². The molecule has 3 N–H and O–H groups in total. The first-order chi connectivity index (χ1) is 9.97. The van der Waals surface area contributed by atoms with Crippen molar-refractivity contribution in [1.82, 2.24) is 0 Å². The number of halogens is 1. The number of aromatic carboxylic acids is 1. The molecule has 21 heavy (non-hydrogen) atoms. The third-order valence-corrected chi connectivity index (χ3v) is 2.85. The maximum absolute atomic E-state index is 13.2. The molecule has 2 rings (SSSR count). The number of carbonyl (C=O) groups is 2. The van der Waals surface area contributed by atoms with Gasteiger partial charge in [0.05, 0.1) is 11.3 Å². The molecule has 6 heteroatoms. The van der Waals surface area contributed by atoms with Crippen molar-refractivity contribution in [3.05, 3.63) is 59.4 Å². The quantitative estimate of drug-likeness (QED) is 0.809. The predicted octanol–water partition coefficient (Wildman–Crippen LogP) is 3.48. The molecule has 0 aliphatic rings. The molecule has 0 aliphatic carbocycles. The number of amides is 2. The lowest BCUT2D eigenvalue weighted by Crippen LogP contribution is -2.21. The van der Waals surface area contributed by atoms with Gasteiger partial charge in [0.15, 0.2) is 0 Å². The minimum absolute atomic E-state index is 0.103. The molecule has 108 valence electrons. The van der Waals surface area contributed by atoms with E-state index in [1.165, 1.54) is 0 Å². The lowest BCUT2D eigenvalue weighted by atomic mass is 10.1. The molecule has 2 amide bonds. The van der Waals surface area contributed by atoms with Crippen LogP contribution in [0.5, 0.6) is 0 Å². The Morgan fingerprint density at radius 2 is 1.71 bits per heavy atom. The Labute approximate surface area is 120 Å². The van der Waals surface area contributed by atoms with Gasteiger partial charge >= 0.3 is 12.0 Å². The van der Waals surface area contributed by atoms with Crippen molar-refractivity contribution in [2.75, 3.05) is 10.6 Å². The van der Waals surface area contributed by atoms with Crippen molar-refractivity contribution in [2.45, 2.75) is 6.92 Å². The zero-order valence-electron chi connectivity index (χ0n) is 11.2. The number of rotatable bonds is 3. The van der Waals surface area contributed by atoms with Crippen molar-refractivity contribution in [2.24, 2.45) is 0 Å². The first-order valence-corrected chi connectivity index (χ1v) is 6.14. The Morgan fingerprint density at radius 3 is 2.38 bits per heavy atom. The van der Waals surface area contributed by atoms with Crippen molar-refractivity contribution in [1.29, 1.82) is 0 Å². The molecule has 0 unspecified atom stereocenters. The number of anilines is 2. The number of urea groups is 1. The van der Waals surface area contributed by atoms with Gasteiger partial charge in [-0.2, -0.15) is 0 Å². The summed E-state index contributed by atoms with van der Waals surface area (Å²) in [4.78, 5) is 22.9. The van der Waals surface area contributed by atoms with Gasteiger partial charge in [-0.1, -0.05) is 18.2 Å². The van der Waals surface area contributed by atoms with Crippen molar-refractivity contribution in [3.8, 4) is 0 Å². The van der Waals surface area contributed by atoms with E-state index in [-0.39, 0.29) is 11.3 Å². The standard InChI is InChI=1S/C15H13FN2O3/c1-9-4-2-3-5-12(9)17-15(21)18-13-8-10(16)6-7-11(13)14(19)20/h2-8H,1H3,(H,19,20)(H2,17,18,21). The largest absolute Gasteiger partial charge is 0.478 e. The first kappa shape index (κ1) is 14.5. The molecule has 0 aromatic heterocycles. The number of aryl methyl sites for hydroxylation is 1. The lowest BCUT2D eigenvalue weighted by molar-refractivity contribution is 0.0698. The summed E-state index contributed by atoms with van der Waals surface area (Å²) in [6, 6.07) is 9.55. The van der Waals surface area contributed by atoms with Gasteiger partial charge in [0.25, 0.3) is 0 Å². The summed E-state index contributed by atoms with van der Waals surface area (Å²) in [7, 11) is 0. The van der Waals surface area contributed by atoms with Crippen LogP contribution in [0.4, 0.5) is 20.6 Å².